The molecule has 1 N–H and O–H groups in total. The molecule has 0 aromatic heterocycles. The van der Waals surface area contributed by atoms with Crippen LogP contribution < -0.4 is 5.32 Å². The van der Waals surface area contributed by atoms with Gasteiger partial charge in [0.25, 0.3) is 0 Å². The minimum absolute atomic E-state index is 0.0509. The lowest BCUT2D eigenvalue weighted by atomic mass is 9.81. The van der Waals surface area contributed by atoms with Crippen molar-refractivity contribution in [2.75, 3.05) is 26.4 Å². The first-order chi connectivity index (χ1) is 9.76. The van der Waals surface area contributed by atoms with Gasteiger partial charge in [0.05, 0.1) is 12.2 Å². The number of rotatable bonds is 4. The third kappa shape index (κ3) is 3.75. The Kier molecular flexibility index (Phi) is 5.00. The van der Waals surface area contributed by atoms with Crippen LogP contribution >= 0.6 is 0 Å². The summed E-state index contributed by atoms with van der Waals surface area (Å²) in [6, 6.07) is 0.645. The lowest BCUT2D eigenvalue weighted by Crippen LogP contribution is -2.47. The third-order valence-electron chi connectivity index (χ3n) is 5.59. The molecule has 1 aliphatic carbocycles. The maximum absolute atomic E-state index is 6.00. The maximum atomic E-state index is 6.00. The second-order valence-electron chi connectivity index (χ2n) is 7.40. The van der Waals surface area contributed by atoms with Gasteiger partial charge < -0.3 is 14.8 Å². The van der Waals surface area contributed by atoms with Crippen molar-refractivity contribution in [1.82, 2.24) is 5.32 Å². The van der Waals surface area contributed by atoms with Crippen LogP contribution in [0.3, 0.4) is 0 Å². The zero-order chi connectivity index (χ0) is 13.8. The Hall–Kier alpha value is -0.120. The topological polar surface area (TPSA) is 30.5 Å². The van der Waals surface area contributed by atoms with Gasteiger partial charge in [-0.15, -0.1) is 0 Å². The minimum Gasteiger partial charge on any atom is -0.378 e. The Bertz CT molecular complexity index is 301. The van der Waals surface area contributed by atoms with E-state index in [4.69, 9.17) is 9.47 Å². The fraction of sp³-hybridized carbons (Fsp3) is 1.00. The van der Waals surface area contributed by atoms with Crippen molar-refractivity contribution in [1.29, 1.82) is 0 Å². The normalized spacial score (nSPS) is 42.1. The van der Waals surface area contributed by atoms with Crippen LogP contribution in [0.2, 0.25) is 0 Å². The van der Waals surface area contributed by atoms with Gasteiger partial charge in [0, 0.05) is 25.7 Å². The molecule has 4 atom stereocenters. The molecule has 2 heterocycles. The first-order valence-electron chi connectivity index (χ1n) is 8.71. The summed E-state index contributed by atoms with van der Waals surface area (Å²) < 4.78 is 11.5. The lowest BCUT2D eigenvalue weighted by molar-refractivity contribution is -0.0893. The second-order valence-corrected chi connectivity index (χ2v) is 7.40. The monoisotopic (exact) mass is 281 g/mol. The van der Waals surface area contributed by atoms with Gasteiger partial charge in [-0.05, 0) is 44.1 Å². The van der Waals surface area contributed by atoms with Crippen LogP contribution in [0.15, 0.2) is 0 Å². The molecule has 20 heavy (non-hydrogen) atoms. The molecule has 116 valence electrons. The van der Waals surface area contributed by atoms with Crippen molar-refractivity contribution in [3.63, 3.8) is 0 Å². The van der Waals surface area contributed by atoms with E-state index in [2.05, 4.69) is 12.2 Å². The fourth-order valence-corrected chi connectivity index (χ4v) is 4.38. The van der Waals surface area contributed by atoms with E-state index in [9.17, 15) is 0 Å². The lowest BCUT2D eigenvalue weighted by Gasteiger charge is -2.37. The smallest absolute Gasteiger partial charge is 0.0951 e. The van der Waals surface area contributed by atoms with E-state index >= 15 is 0 Å². The Morgan fingerprint density at radius 3 is 2.95 bits per heavy atom. The molecular weight excluding hydrogens is 250 g/mol. The van der Waals surface area contributed by atoms with Crippen LogP contribution in [-0.2, 0) is 9.47 Å². The molecule has 4 unspecified atom stereocenters. The van der Waals surface area contributed by atoms with Gasteiger partial charge in [-0.3, -0.25) is 0 Å². The highest BCUT2D eigenvalue weighted by Crippen LogP contribution is 2.33. The van der Waals surface area contributed by atoms with Gasteiger partial charge in [-0.1, -0.05) is 26.2 Å². The summed E-state index contributed by atoms with van der Waals surface area (Å²) in [4.78, 5) is 0. The first kappa shape index (κ1) is 14.8. The van der Waals surface area contributed by atoms with Crippen molar-refractivity contribution >= 4 is 0 Å². The molecule has 3 fully saturated rings. The van der Waals surface area contributed by atoms with Crippen LogP contribution in [0, 0.1) is 11.8 Å². The van der Waals surface area contributed by atoms with Crippen LogP contribution in [0.1, 0.15) is 58.3 Å². The fourth-order valence-electron chi connectivity index (χ4n) is 4.38. The highest BCUT2D eigenvalue weighted by Gasteiger charge is 2.40. The van der Waals surface area contributed by atoms with E-state index < -0.39 is 0 Å². The third-order valence-corrected chi connectivity index (χ3v) is 5.59. The predicted molar refractivity (Wildman–Crippen MR) is 80.9 cm³/mol. The Morgan fingerprint density at radius 2 is 2.15 bits per heavy atom. The van der Waals surface area contributed by atoms with Crippen LogP contribution in [0.25, 0.3) is 0 Å². The zero-order valence-electron chi connectivity index (χ0n) is 13.0. The molecular formula is C17H31NO2. The number of hydrogen-bond donors (Lipinski definition) is 1. The second kappa shape index (κ2) is 6.76. The molecule has 3 rings (SSSR count). The molecule has 0 bridgehead atoms. The maximum Gasteiger partial charge on any atom is 0.0951 e. The van der Waals surface area contributed by atoms with E-state index in [1.807, 2.05) is 0 Å². The predicted octanol–water partition coefficient (Wildman–Crippen LogP) is 3.13. The van der Waals surface area contributed by atoms with Crippen molar-refractivity contribution in [3.05, 3.63) is 0 Å². The molecule has 0 aromatic carbocycles. The van der Waals surface area contributed by atoms with E-state index in [1.54, 1.807) is 0 Å². The zero-order valence-corrected chi connectivity index (χ0v) is 13.0. The summed E-state index contributed by atoms with van der Waals surface area (Å²) in [5.41, 5.74) is 0.0509. The van der Waals surface area contributed by atoms with Crippen molar-refractivity contribution in [3.8, 4) is 0 Å². The number of hydrogen-bond acceptors (Lipinski definition) is 3. The molecule has 0 amide bonds. The van der Waals surface area contributed by atoms with E-state index in [0.29, 0.717) is 6.04 Å². The molecule has 2 saturated heterocycles. The minimum atomic E-state index is 0.0509. The summed E-state index contributed by atoms with van der Waals surface area (Å²) in [6.07, 6.45) is 10.6. The molecule has 1 spiro atoms. The largest absolute Gasteiger partial charge is 0.378 e. The average molecular weight is 281 g/mol. The summed E-state index contributed by atoms with van der Waals surface area (Å²) in [6.45, 7) is 6.21. The molecule has 0 radical (unpaired) electrons. The van der Waals surface area contributed by atoms with E-state index in [1.165, 1.54) is 45.1 Å². The van der Waals surface area contributed by atoms with Crippen molar-refractivity contribution < 1.29 is 9.47 Å². The molecule has 3 aliphatic rings. The summed E-state index contributed by atoms with van der Waals surface area (Å²) >= 11 is 0. The SMILES string of the molecule is CC1CCCC(CCNC2CCOC3(CCOC3)C2)C1. The summed E-state index contributed by atoms with van der Waals surface area (Å²) in [5, 5.41) is 3.80. The number of nitrogens with one attached hydrogen (secondary N) is 1. The van der Waals surface area contributed by atoms with Gasteiger partial charge in [0.2, 0.25) is 0 Å². The van der Waals surface area contributed by atoms with Gasteiger partial charge in [-0.25, -0.2) is 0 Å². The van der Waals surface area contributed by atoms with Crippen LogP contribution in [-0.4, -0.2) is 38.0 Å². The van der Waals surface area contributed by atoms with Gasteiger partial charge >= 0.3 is 0 Å². The van der Waals surface area contributed by atoms with Gasteiger partial charge in [0.1, 0.15) is 0 Å². The Labute approximate surface area is 123 Å². The van der Waals surface area contributed by atoms with E-state index in [0.717, 1.165) is 44.5 Å². The van der Waals surface area contributed by atoms with Crippen LogP contribution in [0.4, 0.5) is 0 Å². The van der Waals surface area contributed by atoms with Crippen LogP contribution in [0.5, 0.6) is 0 Å². The Balaban J connectivity index is 1.37. The molecule has 1 saturated carbocycles. The standard InChI is InChI=1S/C17H31NO2/c1-14-3-2-4-15(11-14)5-8-18-16-6-9-20-17(12-16)7-10-19-13-17/h14-16,18H,2-13H2,1H3. The molecule has 0 aromatic rings. The summed E-state index contributed by atoms with van der Waals surface area (Å²) in [5.74, 6) is 1.92. The molecule has 3 heteroatoms. The highest BCUT2D eigenvalue weighted by atomic mass is 16.6. The van der Waals surface area contributed by atoms with Gasteiger partial charge in [-0.2, -0.15) is 0 Å². The molecule has 3 nitrogen and oxygen atoms in total. The quantitative estimate of drug-likeness (QED) is 0.859. The average Bonchev–Trinajstić information content (AvgIpc) is 2.87. The molecule has 2 aliphatic heterocycles. The Morgan fingerprint density at radius 1 is 1.20 bits per heavy atom. The van der Waals surface area contributed by atoms with Crippen molar-refractivity contribution in [2.45, 2.75) is 69.9 Å². The van der Waals surface area contributed by atoms with Gasteiger partial charge in [0.15, 0.2) is 0 Å². The number of ether oxygens (including phenoxy) is 2. The van der Waals surface area contributed by atoms with Crippen molar-refractivity contribution in [2.24, 2.45) is 11.8 Å². The first-order valence-corrected chi connectivity index (χ1v) is 8.71. The van der Waals surface area contributed by atoms with E-state index in [-0.39, 0.29) is 5.60 Å². The summed E-state index contributed by atoms with van der Waals surface area (Å²) in [7, 11) is 0. The highest BCUT2D eigenvalue weighted by molar-refractivity contribution is 4.92.